The molecule has 0 radical (unpaired) electrons. The molecule has 3 aliphatic rings. The lowest BCUT2D eigenvalue weighted by atomic mass is 10.1. The lowest BCUT2D eigenvalue weighted by Crippen LogP contribution is -2.38. The van der Waals surface area contributed by atoms with Crippen LogP contribution < -0.4 is 14.7 Å². The van der Waals surface area contributed by atoms with Crippen LogP contribution in [-0.2, 0) is 4.74 Å². The van der Waals surface area contributed by atoms with Crippen molar-refractivity contribution >= 4 is 27.7 Å². The van der Waals surface area contributed by atoms with Crippen molar-refractivity contribution in [2.24, 2.45) is 0 Å². The number of nitrogens with zero attached hydrogens (tertiary/aromatic N) is 3. The van der Waals surface area contributed by atoms with Crippen LogP contribution in [0.15, 0.2) is 5.38 Å². The number of morpholine rings is 1. The van der Waals surface area contributed by atoms with Crippen molar-refractivity contribution in [2.45, 2.75) is 32.1 Å². The third-order valence-corrected chi connectivity index (χ3v) is 6.16. The monoisotopic (exact) mass is 321 g/mol. The average Bonchev–Trinajstić information content (AvgIpc) is 3.25. The second kappa shape index (κ2) is 6.67. The van der Waals surface area contributed by atoms with Gasteiger partial charge in [-0.05, 0) is 32.1 Å². The van der Waals surface area contributed by atoms with E-state index in [-0.39, 0.29) is 0 Å². The van der Waals surface area contributed by atoms with Crippen LogP contribution in [0, 0.1) is 0 Å². The molecule has 4 rings (SSSR count). The predicted molar refractivity (Wildman–Crippen MR) is 94.9 cm³/mol. The van der Waals surface area contributed by atoms with Crippen LogP contribution in [0.25, 0.3) is 0 Å². The van der Waals surface area contributed by atoms with Gasteiger partial charge in [0.1, 0.15) is 5.00 Å². The van der Waals surface area contributed by atoms with E-state index >= 15 is 0 Å². The first kappa shape index (κ1) is 14.6. The SMILES string of the molecule is c1sc(N2CCCC2)c(N2CCOCC2)c1N1CCCCC1. The second-order valence-electron chi connectivity index (χ2n) is 6.62. The van der Waals surface area contributed by atoms with Crippen molar-refractivity contribution in [2.75, 3.05) is 67.2 Å². The molecule has 3 saturated heterocycles. The molecule has 0 amide bonds. The highest BCUT2D eigenvalue weighted by molar-refractivity contribution is 7.15. The summed E-state index contributed by atoms with van der Waals surface area (Å²) in [5.74, 6) is 0. The number of ether oxygens (including phenoxy) is 1. The van der Waals surface area contributed by atoms with Gasteiger partial charge in [-0.3, -0.25) is 0 Å². The summed E-state index contributed by atoms with van der Waals surface area (Å²) in [6, 6.07) is 0. The second-order valence-corrected chi connectivity index (χ2v) is 7.47. The number of anilines is 3. The first-order chi connectivity index (χ1) is 10.9. The zero-order valence-corrected chi connectivity index (χ0v) is 14.2. The van der Waals surface area contributed by atoms with Crippen molar-refractivity contribution in [3.05, 3.63) is 5.38 Å². The Bertz CT molecular complexity index is 486. The van der Waals surface area contributed by atoms with Crippen LogP contribution >= 0.6 is 11.3 Å². The maximum absolute atomic E-state index is 5.58. The maximum atomic E-state index is 5.58. The third-order valence-electron chi connectivity index (χ3n) is 5.14. The van der Waals surface area contributed by atoms with Crippen molar-refractivity contribution in [1.29, 1.82) is 0 Å². The highest BCUT2D eigenvalue weighted by Crippen LogP contribution is 2.46. The number of hydrogen-bond donors (Lipinski definition) is 0. The van der Waals surface area contributed by atoms with E-state index in [4.69, 9.17) is 4.74 Å². The summed E-state index contributed by atoms with van der Waals surface area (Å²) < 4.78 is 5.58. The van der Waals surface area contributed by atoms with Crippen LogP contribution in [0.3, 0.4) is 0 Å². The largest absolute Gasteiger partial charge is 0.378 e. The van der Waals surface area contributed by atoms with E-state index in [9.17, 15) is 0 Å². The number of thiophene rings is 1. The molecule has 0 atom stereocenters. The molecule has 3 aliphatic heterocycles. The molecule has 1 aromatic heterocycles. The lowest BCUT2D eigenvalue weighted by Gasteiger charge is -2.35. The van der Waals surface area contributed by atoms with Crippen molar-refractivity contribution in [3.63, 3.8) is 0 Å². The molecule has 0 saturated carbocycles. The van der Waals surface area contributed by atoms with E-state index in [1.165, 1.54) is 74.7 Å². The minimum Gasteiger partial charge on any atom is -0.378 e. The fourth-order valence-electron chi connectivity index (χ4n) is 3.92. The molecule has 4 nitrogen and oxygen atoms in total. The van der Waals surface area contributed by atoms with Gasteiger partial charge in [-0.2, -0.15) is 0 Å². The summed E-state index contributed by atoms with van der Waals surface area (Å²) in [5.41, 5.74) is 3.01. The van der Waals surface area contributed by atoms with Crippen molar-refractivity contribution in [3.8, 4) is 0 Å². The van der Waals surface area contributed by atoms with Crippen molar-refractivity contribution < 1.29 is 4.74 Å². The van der Waals surface area contributed by atoms with Gasteiger partial charge in [0.15, 0.2) is 0 Å². The molecule has 1 aromatic rings. The summed E-state index contributed by atoms with van der Waals surface area (Å²) in [6.45, 7) is 8.75. The zero-order valence-electron chi connectivity index (χ0n) is 13.4. The Morgan fingerprint density at radius 1 is 0.727 bits per heavy atom. The van der Waals surface area contributed by atoms with E-state index in [0.717, 1.165) is 26.3 Å². The minimum atomic E-state index is 0.870. The molecule has 5 heteroatoms. The predicted octanol–water partition coefficient (Wildman–Crippen LogP) is 3.18. The molecular formula is C17H27N3OS. The standard InChI is InChI=1S/C17H27N3OS/c1-2-6-18(7-3-1)15-14-22-17(20-8-4-5-9-20)16(15)19-10-12-21-13-11-19/h14H,1-13H2. The van der Waals surface area contributed by atoms with Crippen LogP contribution in [0.5, 0.6) is 0 Å². The highest BCUT2D eigenvalue weighted by atomic mass is 32.1. The molecule has 4 heterocycles. The summed E-state index contributed by atoms with van der Waals surface area (Å²) in [5, 5.41) is 3.93. The molecule has 0 aliphatic carbocycles. The van der Waals surface area contributed by atoms with E-state index < -0.39 is 0 Å². The maximum Gasteiger partial charge on any atom is 0.117 e. The average molecular weight is 321 g/mol. The Hall–Kier alpha value is -0.940. The zero-order chi connectivity index (χ0) is 14.8. The molecule has 122 valence electrons. The minimum absolute atomic E-state index is 0.870. The van der Waals surface area contributed by atoms with Crippen LogP contribution in [-0.4, -0.2) is 52.5 Å². The topological polar surface area (TPSA) is 19.0 Å². The smallest absolute Gasteiger partial charge is 0.117 e. The van der Waals surface area contributed by atoms with Gasteiger partial charge in [0.05, 0.1) is 24.6 Å². The Labute approximate surface area is 137 Å². The van der Waals surface area contributed by atoms with Crippen LogP contribution in [0.1, 0.15) is 32.1 Å². The van der Waals surface area contributed by atoms with E-state index in [1.807, 2.05) is 11.3 Å². The van der Waals surface area contributed by atoms with Gasteiger partial charge >= 0.3 is 0 Å². The summed E-state index contributed by atoms with van der Waals surface area (Å²) in [7, 11) is 0. The van der Waals surface area contributed by atoms with E-state index in [2.05, 4.69) is 20.1 Å². The van der Waals surface area contributed by atoms with E-state index in [0.29, 0.717) is 0 Å². The fraction of sp³-hybridized carbons (Fsp3) is 0.765. The highest BCUT2D eigenvalue weighted by Gasteiger charge is 2.28. The molecular weight excluding hydrogens is 294 g/mol. The third kappa shape index (κ3) is 2.81. The number of hydrogen-bond acceptors (Lipinski definition) is 5. The molecule has 0 bridgehead atoms. The van der Waals surface area contributed by atoms with E-state index in [1.54, 1.807) is 0 Å². The number of rotatable bonds is 3. The summed E-state index contributed by atoms with van der Waals surface area (Å²) in [4.78, 5) is 7.82. The van der Waals surface area contributed by atoms with Gasteiger partial charge in [-0.15, -0.1) is 11.3 Å². The van der Waals surface area contributed by atoms with Gasteiger partial charge in [0, 0.05) is 44.6 Å². The van der Waals surface area contributed by atoms with Gasteiger partial charge in [0.25, 0.3) is 0 Å². The lowest BCUT2D eigenvalue weighted by molar-refractivity contribution is 0.123. The van der Waals surface area contributed by atoms with Crippen LogP contribution in [0.4, 0.5) is 16.4 Å². The Morgan fingerprint density at radius 3 is 2.09 bits per heavy atom. The Balaban J connectivity index is 1.66. The van der Waals surface area contributed by atoms with Gasteiger partial charge in [0.2, 0.25) is 0 Å². The quantitative estimate of drug-likeness (QED) is 0.851. The summed E-state index contributed by atoms with van der Waals surface area (Å²) in [6.07, 6.45) is 6.78. The van der Waals surface area contributed by atoms with Gasteiger partial charge in [-0.1, -0.05) is 0 Å². The Kier molecular flexibility index (Phi) is 4.44. The van der Waals surface area contributed by atoms with Crippen LogP contribution in [0.2, 0.25) is 0 Å². The molecule has 22 heavy (non-hydrogen) atoms. The van der Waals surface area contributed by atoms with Gasteiger partial charge < -0.3 is 19.4 Å². The normalized spacial score (nSPS) is 23.4. The molecule has 0 spiro atoms. The molecule has 3 fully saturated rings. The Morgan fingerprint density at radius 2 is 1.36 bits per heavy atom. The number of piperidine rings is 1. The molecule has 0 aromatic carbocycles. The van der Waals surface area contributed by atoms with Crippen molar-refractivity contribution in [1.82, 2.24) is 0 Å². The first-order valence-corrected chi connectivity index (χ1v) is 9.75. The van der Waals surface area contributed by atoms with Gasteiger partial charge in [-0.25, -0.2) is 0 Å². The molecule has 0 N–H and O–H groups in total. The fourth-order valence-corrected chi connectivity index (χ4v) is 5.08. The molecule has 0 unspecified atom stereocenters. The summed E-state index contributed by atoms with van der Waals surface area (Å²) >= 11 is 1.96. The first-order valence-electron chi connectivity index (χ1n) is 8.87.